The minimum atomic E-state index is -0.615. The predicted molar refractivity (Wildman–Crippen MR) is 63.0 cm³/mol. The van der Waals surface area contributed by atoms with E-state index in [9.17, 15) is 4.79 Å². The number of hydrogen-bond acceptors (Lipinski definition) is 3. The molecule has 2 rings (SSSR count). The topological polar surface area (TPSA) is 49.8 Å². The van der Waals surface area contributed by atoms with Crippen LogP contribution >= 0.6 is 12.4 Å². The highest BCUT2D eigenvalue weighted by molar-refractivity contribution is 5.85. The smallest absolute Gasteiger partial charge is 0.306 e. The third-order valence-corrected chi connectivity index (χ3v) is 3.61. The van der Waals surface area contributed by atoms with Gasteiger partial charge in [0.05, 0.1) is 19.1 Å². The molecule has 1 aliphatic carbocycles. The van der Waals surface area contributed by atoms with Gasteiger partial charge in [0, 0.05) is 19.1 Å². The minimum Gasteiger partial charge on any atom is -0.481 e. The molecule has 0 aromatic heterocycles. The van der Waals surface area contributed by atoms with E-state index in [1.54, 1.807) is 0 Å². The lowest BCUT2D eigenvalue weighted by Gasteiger charge is -2.37. The molecule has 1 aliphatic heterocycles. The normalized spacial score (nSPS) is 31.8. The van der Waals surface area contributed by atoms with Crippen LogP contribution in [0.5, 0.6) is 0 Å². The Kier molecular flexibility index (Phi) is 5.52. The lowest BCUT2D eigenvalue weighted by molar-refractivity contribution is -0.143. The van der Waals surface area contributed by atoms with Crippen molar-refractivity contribution in [1.82, 2.24) is 4.90 Å². The number of hydrogen-bond donors (Lipinski definition) is 1. The summed E-state index contributed by atoms with van der Waals surface area (Å²) in [5, 5.41) is 8.90. The van der Waals surface area contributed by atoms with Crippen LogP contribution in [-0.4, -0.2) is 48.3 Å². The Morgan fingerprint density at radius 3 is 2.19 bits per heavy atom. The van der Waals surface area contributed by atoms with Gasteiger partial charge < -0.3 is 9.84 Å². The Morgan fingerprint density at radius 1 is 1.12 bits per heavy atom. The molecule has 2 fully saturated rings. The average Bonchev–Trinajstić information content (AvgIpc) is 2.30. The summed E-state index contributed by atoms with van der Waals surface area (Å²) >= 11 is 0. The van der Waals surface area contributed by atoms with E-state index in [0.717, 1.165) is 52.0 Å². The Balaban J connectivity index is 0.00000128. The van der Waals surface area contributed by atoms with Gasteiger partial charge in [-0.25, -0.2) is 0 Å². The first-order chi connectivity index (χ1) is 7.27. The maximum atomic E-state index is 10.8. The fraction of sp³-hybridized carbons (Fsp3) is 0.909. The van der Waals surface area contributed by atoms with E-state index in [-0.39, 0.29) is 18.3 Å². The molecule has 0 amide bonds. The monoisotopic (exact) mass is 249 g/mol. The van der Waals surface area contributed by atoms with Crippen LogP contribution in [0.4, 0.5) is 0 Å². The summed E-state index contributed by atoms with van der Waals surface area (Å²) in [5.41, 5.74) is 0. The van der Waals surface area contributed by atoms with Crippen molar-refractivity contribution in [2.24, 2.45) is 5.92 Å². The first kappa shape index (κ1) is 13.7. The predicted octanol–water partition coefficient (Wildman–Crippen LogP) is 1.38. The molecule has 1 N–H and O–H groups in total. The minimum absolute atomic E-state index is 0. The lowest BCUT2D eigenvalue weighted by atomic mass is 9.85. The number of morpholine rings is 1. The van der Waals surface area contributed by atoms with Crippen molar-refractivity contribution >= 4 is 18.4 Å². The highest BCUT2D eigenvalue weighted by Gasteiger charge is 2.29. The molecule has 1 heterocycles. The molecule has 1 saturated heterocycles. The van der Waals surface area contributed by atoms with Gasteiger partial charge in [-0.2, -0.15) is 0 Å². The lowest BCUT2D eigenvalue weighted by Crippen LogP contribution is -2.45. The molecule has 0 radical (unpaired) electrons. The molecule has 0 spiro atoms. The van der Waals surface area contributed by atoms with Crippen molar-refractivity contribution in [3.8, 4) is 0 Å². The van der Waals surface area contributed by atoms with Crippen molar-refractivity contribution in [3.63, 3.8) is 0 Å². The van der Waals surface area contributed by atoms with Crippen LogP contribution in [-0.2, 0) is 9.53 Å². The van der Waals surface area contributed by atoms with Crippen LogP contribution < -0.4 is 0 Å². The number of aliphatic carboxylic acids is 1. The summed E-state index contributed by atoms with van der Waals surface area (Å²) in [5.74, 6) is -0.710. The fourth-order valence-corrected chi connectivity index (χ4v) is 2.63. The van der Waals surface area contributed by atoms with E-state index >= 15 is 0 Å². The SMILES string of the molecule is Cl.O=C(O)C1CCC(N2CCOCC2)CC1. The summed E-state index contributed by atoms with van der Waals surface area (Å²) in [4.78, 5) is 13.3. The second kappa shape index (κ2) is 6.42. The van der Waals surface area contributed by atoms with Crippen LogP contribution in [0, 0.1) is 5.92 Å². The molecule has 1 saturated carbocycles. The van der Waals surface area contributed by atoms with Gasteiger partial charge in [-0.15, -0.1) is 12.4 Å². The van der Waals surface area contributed by atoms with Gasteiger partial charge in [-0.3, -0.25) is 9.69 Å². The molecule has 16 heavy (non-hydrogen) atoms. The van der Waals surface area contributed by atoms with E-state index in [4.69, 9.17) is 9.84 Å². The van der Waals surface area contributed by atoms with Gasteiger partial charge in [-0.05, 0) is 25.7 Å². The van der Waals surface area contributed by atoms with Gasteiger partial charge in [0.25, 0.3) is 0 Å². The van der Waals surface area contributed by atoms with Crippen molar-refractivity contribution in [3.05, 3.63) is 0 Å². The first-order valence-corrected chi connectivity index (χ1v) is 5.82. The summed E-state index contributed by atoms with van der Waals surface area (Å²) in [6.45, 7) is 3.70. The molecule has 0 aromatic carbocycles. The highest BCUT2D eigenvalue weighted by Crippen LogP contribution is 2.28. The Hall–Kier alpha value is -0.320. The van der Waals surface area contributed by atoms with Gasteiger partial charge in [0.15, 0.2) is 0 Å². The van der Waals surface area contributed by atoms with Gasteiger partial charge in [0.1, 0.15) is 0 Å². The molecular weight excluding hydrogens is 230 g/mol. The van der Waals surface area contributed by atoms with E-state index < -0.39 is 5.97 Å². The largest absolute Gasteiger partial charge is 0.481 e. The van der Waals surface area contributed by atoms with E-state index in [1.807, 2.05) is 0 Å². The number of ether oxygens (including phenoxy) is 1. The fourth-order valence-electron chi connectivity index (χ4n) is 2.63. The number of carboxylic acid groups (broad SMARTS) is 1. The highest BCUT2D eigenvalue weighted by atomic mass is 35.5. The van der Waals surface area contributed by atoms with Crippen LogP contribution in [0.25, 0.3) is 0 Å². The summed E-state index contributed by atoms with van der Waals surface area (Å²) < 4.78 is 5.31. The summed E-state index contributed by atoms with van der Waals surface area (Å²) in [6, 6.07) is 0.601. The Labute approximate surface area is 102 Å². The van der Waals surface area contributed by atoms with Crippen molar-refractivity contribution < 1.29 is 14.6 Å². The van der Waals surface area contributed by atoms with Gasteiger partial charge in [0.2, 0.25) is 0 Å². The zero-order valence-electron chi connectivity index (χ0n) is 9.43. The van der Waals surface area contributed by atoms with Crippen molar-refractivity contribution in [1.29, 1.82) is 0 Å². The summed E-state index contributed by atoms with van der Waals surface area (Å²) in [6.07, 6.45) is 3.77. The van der Waals surface area contributed by atoms with Gasteiger partial charge >= 0.3 is 5.97 Å². The second-order valence-corrected chi connectivity index (χ2v) is 4.49. The van der Waals surface area contributed by atoms with Crippen molar-refractivity contribution in [2.45, 2.75) is 31.7 Å². The first-order valence-electron chi connectivity index (χ1n) is 5.82. The second-order valence-electron chi connectivity index (χ2n) is 4.49. The number of halogens is 1. The van der Waals surface area contributed by atoms with Crippen molar-refractivity contribution in [2.75, 3.05) is 26.3 Å². The Bertz CT molecular complexity index is 223. The van der Waals surface area contributed by atoms with Crippen LogP contribution in [0.15, 0.2) is 0 Å². The maximum Gasteiger partial charge on any atom is 0.306 e. The van der Waals surface area contributed by atoms with Crippen LogP contribution in [0.1, 0.15) is 25.7 Å². The van der Waals surface area contributed by atoms with E-state index in [0.29, 0.717) is 6.04 Å². The molecule has 0 atom stereocenters. The quantitative estimate of drug-likeness (QED) is 0.804. The standard InChI is InChI=1S/C11H19NO3.ClH/c13-11(14)9-1-3-10(4-2-9)12-5-7-15-8-6-12;/h9-10H,1-8H2,(H,13,14);1H. The number of carbonyl (C=O) groups is 1. The number of nitrogens with zero attached hydrogens (tertiary/aromatic N) is 1. The third kappa shape index (κ3) is 3.34. The van der Waals surface area contributed by atoms with E-state index in [1.165, 1.54) is 0 Å². The van der Waals surface area contributed by atoms with Crippen LogP contribution in [0.3, 0.4) is 0 Å². The zero-order chi connectivity index (χ0) is 10.7. The molecule has 2 aliphatic rings. The molecular formula is C11H20ClNO3. The molecule has 5 heteroatoms. The van der Waals surface area contributed by atoms with E-state index in [2.05, 4.69) is 4.90 Å². The van der Waals surface area contributed by atoms with Gasteiger partial charge in [-0.1, -0.05) is 0 Å². The average molecular weight is 250 g/mol. The molecule has 94 valence electrons. The zero-order valence-corrected chi connectivity index (χ0v) is 10.2. The molecule has 0 aromatic rings. The molecule has 0 bridgehead atoms. The Morgan fingerprint density at radius 2 is 1.69 bits per heavy atom. The third-order valence-electron chi connectivity index (χ3n) is 3.61. The van der Waals surface area contributed by atoms with Crippen LogP contribution in [0.2, 0.25) is 0 Å². The number of carboxylic acids is 1. The summed E-state index contributed by atoms with van der Waals surface area (Å²) in [7, 11) is 0. The molecule has 4 nitrogen and oxygen atoms in total. The number of rotatable bonds is 2. The molecule has 0 unspecified atom stereocenters. The maximum absolute atomic E-state index is 10.8.